The summed E-state index contributed by atoms with van der Waals surface area (Å²) in [5, 5.41) is 3.17. The van der Waals surface area contributed by atoms with E-state index in [4.69, 9.17) is 0 Å². The molecule has 1 fully saturated rings. The first-order valence-corrected chi connectivity index (χ1v) is 13.7. The van der Waals surface area contributed by atoms with E-state index in [-0.39, 0.29) is 29.3 Å². The molecule has 3 atom stereocenters. The van der Waals surface area contributed by atoms with Crippen LogP contribution in [0.15, 0.2) is 47.4 Å². The molecule has 0 spiro atoms. The molecule has 35 heavy (non-hydrogen) atoms. The summed E-state index contributed by atoms with van der Waals surface area (Å²) in [7, 11) is -2.08. The van der Waals surface area contributed by atoms with E-state index in [0.29, 0.717) is 23.0 Å². The van der Waals surface area contributed by atoms with E-state index in [0.717, 1.165) is 24.1 Å². The second kappa shape index (κ2) is 9.39. The maximum Gasteiger partial charge on any atom is 0.251 e. The van der Waals surface area contributed by atoms with Gasteiger partial charge >= 0.3 is 0 Å². The Hall–Kier alpha value is -2.71. The van der Waals surface area contributed by atoms with Gasteiger partial charge in [0, 0.05) is 30.9 Å². The Kier molecular flexibility index (Phi) is 6.81. The first kappa shape index (κ1) is 25.4. The summed E-state index contributed by atoms with van der Waals surface area (Å²) in [5.74, 6) is 0.891. The molecule has 2 aromatic carbocycles. The predicted molar refractivity (Wildman–Crippen MR) is 137 cm³/mol. The average Bonchev–Trinajstić information content (AvgIpc) is 3.00. The van der Waals surface area contributed by atoms with Gasteiger partial charge in [0.15, 0.2) is 0 Å². The van der Waals surface area contributed by atoms with Crippen LogP contribution in [-0.2, 0) is 26.8 Å². The molecule has 2 amide bonds. The fraction of sp³-hybridized carbons (Fsp3) is 0.481. The molecule has 4 rings (SSSR count). The third-order valence-electron chi connectivity index (χ3n) is 7.86. The van der Waals surface area contributed by atoms with Crippen molar-refractivity contribution in [3.63, 3.8) is 0 Å². The number of nitrogens with zero attached hydrogens (tertiary/aromatic N) is 1. The first-order chi connectivity index (χ1) is 16.4. The molecule has 2 aromatic rings. The third-order valence-corrected chi connectivity index (χ3v) is 9.26. The molecule has 2 N–H and O–H groups in total. The molecule has 0 radical (unpaired) electrons. The Labute approximate surface area is 208 Å². The highest BCUT2D eigenvalue weighted by Gasteiger charge is 2.42. The van der Waals surface area contributed by atoms with Gasteiger partial charge in [0.1, 0.15) is 0 Å². The van der Waals surface area contributed by atoms with E-state index in [1.807, 2.05) is 0 Å². The molecule has 0 aromatic heterocycles. The van der Waals surface area contributed by atoms with E-state index in [1.165, 1.54) is 12.5 Å². The largest absolute Gasteiger partial charge is 0.349 e. The number of likely N-dealkylation sites (N-methyl/N-ethyl adjacent to an activating group) is 1. The van der Waals surface area contributed by atoms with Gasteiger partial charge in [-0.3, -0.25) is 9.59 Å². The van der Waals surface area contributed by atoms with Crippen molar-refractivity contribution >= 4 is 27.5 Å². The van der Waals surface area contributed by atoms with E-state index >= 15 is 0 Å². The standard InChI is InChI=1S/C27H35N3O4S/c1-17-7-6-8-23(18(17)2)29-25(31)20-11-9-19(10-12-20)16-28-35(33,34)21-13-14-24-22(15-21)27(3,4)26(32)30(24)5/h9-15,17-18,23,28H,6-8,16H2,1-5H3,(H,29,31)/t17-,18+,23-/m1/s1. The van der Waals surface area contributed by atoms with E-state index < -0.39 is 15.4 Å². The number of carbonyl (C=O) groups is 2. The second-order valence-electron chi connectivity index (χ2n) is 10.5. The Balaban J connectivity index is 1.41. The van der Waals surface area contributed by atoms with Crippen molar-refractivity contribution in [3.8, 4) is 0 Å². The summed E-state index contributed by atoms with van der Waals surface area (Å²) in [5.41, 5.74) is 1.96. The van der Waals surface area contributed by atoms with Crippen molar-refractivity contribution in [2.75, 3.05) is 11.9 Å². The summed E-state index contributed by atoms with van der Waals surface area (Å²) in [6.07, 6.45) is 3.34. The predicted octanol–water partition coefficient (Wildman–Crippen LogP) is 3.97. The number of hydrogen-bond acceptors (Lipinski definition) is 4. The van der Waals surface area contributed by atoms with Crippen molar-refractivity contribution in [3.05, 3.63) is 59.2 Å². The third kappa shape index (κ3) is 4.86. The molecule has 8 heteroatoms. The quantitative estimate of drug-likeness (QED) is 0.631. The second-order valence-corrected chi connectivity index (χ2v) is 12.3. The lowest BCUT2D eigenvalue weighted by atomic mass is 9.78. The van der Waals surface area contributed by atoms with Crippen LogP contribution >= 0.6 is 0 Å². The summed E-state index contributed by atoms with van der Waals surface area (Å²) >= 11 is 0. The smallest absolute Gasteiger partial charge is 0.251 e. The van der Waals surface area contributed by atoms with Crippen LogP contribution in [0.3, 0.4) is 0 Å². The maximum absolute atomic E-state index is 13.0. The summed E-state index contributed by atoms with van der Waals surface area (Å²) < 4.78 is 28.5. The maximum atomic E-state index is 13.0. The van der Waals surface area contributed by atoms with Crippen molar-refractivity contribution in [1.82, 2.24) is 10.0 Å². The topological polar surface area (TPSA) is 95.6 Å². The van der Waals surface area contributed by atoms with Gasteiger partial charge in [0.2, 0.25) is 15.9 Å². The molecule has 1 aliphatic carbocycles. The zero-order chi connectivity index (χ0) is 25.5. The van der Waals surface area contributed by atoms with Gasteiger partial charge in [-0.2, -0.15) is 0 Å². The number of carbonyl (C=O) groups excluding carboxylic acids is 2. The molecular formula is C27H35N3O4S. The van der Waals surface area contributed by atoms with Crippen LogP contribution in [0.1, 0.15) is 68.4 Å². The zero-order valence-corrected chi connectivity index (χ0v) is 21.9. The molecule has 1 aliphatic heterocycles. The Morgan fingerprint density at radius 3 is 2.46 bits per heavy atom. The summed E-state index contributed by atoms with van der Waals surface area (Å²) in [6, 6.07) is 12.0. The summed E-state index contributed by atoms with van der Waals surface area (Å²) in [6.45, 7) is 8.13. The molecule has 0 saturated heterocycles. The fourth-order valence-corrected chi connectivity index (χ4v) is 6.24. The van der Waals surface area contributed by atoms with Crippen molar-refractivity contribution in [1.29, 1.82) is 0 Å². The van der Waals surface area contributed by atoms with Crippen LogP contribution in [0.5, 0.6) is 0 Å². The van der Waals surface area contributed by atoms with Gasteiger partial charge in [0.05, 0.1) is 10.3 Å². The van der Waals surface area contributed by atoms with Crippen LogP contribution in [0.2, 0.25) is 0 Å². The number of fused-ring (bicyclic) bond motifs is 1. The monoisotopic (exact) mass is 497 g/mol. The number of sulfonamides is 1. The van der Waals surface area contributed by atoms with E-state index in [9.17, 15) is 18.0 Å². The molecule has 0 unspecified atom stereocenters. The molecule has 2 aliphatic rings. The van der Waals surface area contributed by atoms with Crippen LogP contribution in [0.25, 0.3) is 0 Å². The lowest BCUT2D eigenvalue weighted by molar-refractivity contribution is -0.121. The molecule has 1 saturated carbocycles. The number of hydrogen-bond donors (Lipinski definition) is 2. The zero-order valence-electron chi connectivity index (χ0n) is 21.1. The number of anilines is 1. The van der Waals surface area contributed by atoms with Crippen molar-refractivity contribution in [2.24, 2.45) is 11.8 Å². The van der Waals surface area contributed by atoms with Crippen LogP contribution < -0.4 is 14.9 Å². The molecule has 1 heterocycles. The highest BCUT2D eigenvalue weighted by molar-refractivity contribution is 7.89. The highest BCUT2D eigenvalue weighted by atomic mass is 32.2. The minimum Gasteiger partial charge on any atom is -0.349 e. The normalized spacial score (nSPS) is 23.7. The van der Waals surface area contributed by atoms with Gasteiger partial charge in [-0.05, 0) is 73.6 Å². The van der Waals surface area contributed by atoms with E-state index in [1.54, 1.807) is 62.2 Å². The van der Waals surface area contributed by atoms with Crippen LogP contribution in [0.4, 0.5) is 5.69 Å². The highest BCUT2D eigenvalue weighted by Crippen LogP contribution is 2.41. The fourth-order valence-electron chi connectivity index (χ4n) is 5.19. The Bertz CT molecular complexity index is 1240. The Morgan fingerprint density at radius 1 is 1.09 bits per heavy atom. The average molecular weight is 498 g/mol. The number of rotatable bonds is 6. The van der Waals surface area contributed by atoms with Gasteiger partial charge < -0.3 is 10.2 Å². The molecule has 188 valence electrons. The van der Waals surface area contributed by atoms with Crippen molar-refractivity contribution < 1.29 is 18.0 Å². The lowest BCUT2D eigenvalue weighted by Crippen LogP contribution is -2.43. The van der Waals surface area contributed by atoms with Crippen LogP contribution in [0, 0.1) is 11.8 Å². The van der Waals surface area contributed by atoms with Crippen LogP contribution in [-0.4, -0.2) is 33.3 Å². The summed E-state index contributed by atoms with van der Waals surface area (Å²) in [4.78, 5) is 26.9. The van der Waals surface area contributed by atoms with Gasteiger partial charge in [0.25, 0.3) is 5.91 Å². The van der Waals surface area contributed by atoms with Gasteiger partial charge in [-0.15, -0.1) is 0 Å². The number of nitrogens with one attached hydrogen (secondary N) is 2. The molecular weight excluding hydrogens is 462 g/mol. The first-order valence-electron chi connectivity index (χ1n) is 12.2. The van der Waals surface area contributed by atoms with Crippen molar-refractivity contribution in [2.45, 2.75) is 69.9 Å². The number of amides is 2. The molecule has 7 nitrogen and oxygen atoms in total. The molecule has 0 bridgehead atoms. The Morgan fingerprint density at radius 2 is 1.77 bits per heavy atom. The van der Waals surface area contributed by atoms with Gasteiger partial charge in [-0.25, -0.2) is 13.1 Å². The minimum atomic E-state index is -3.78. The number of benzene rings is 2. The van der Waals surface area contributed by atoms with Gasteiger partial charge in [-0.1, -0.05) is 38.8 Å². The lowest BCUT2D eigenvalue weighted by Gasteiger charge is -2.34. The van der Waals surface area contributed by atoms with E-state index in [2.05, 4.69) is 23.9 Å². The minimum absolute atomic E-state index is 0.0633. The SMILES string of the molecule is C[C@H]1[C@H](C)CCC[C@H]1NC(=O)c1ccc(CNS(=O)(=O)c2ccc3c(c2)C(C)(C)C(=O)N3C)cc1.